The number of benzene rings is 1. The van der Waals surface area contributed by atoms with E-state index in [1.54, 1.807) is 30.0 Å². The largest absolute Gasteiger partial charge is 0.399 e. The van der Waals surface area contributed by atoms with Crippen molar-refractivity contribution in [3.05, 3.63) is 23.8 Å². The van der Waals surface area contributed by atoms with Gasteiger partial charge in [-0.2, -0.15) is 11.8 Å². The number of anilines is 2. The second-order valence-corrected chi connectivity index (χ2v) is 4.97. The van der Waals surface area contributed by atoms with Gasteiger partial charge >= 0.3 is 0 Å². The van der Waals surface area contributed by atoms with Crippen LogP contribution in [-0.4, -0.2) is 31.0 Å². The Morgan fingerprint density at radius 2 is 2.18 bits per heavy atom. The zero-order valence-corrected chi connectivity index (χ0v) is 11.3. The number of hydrogen-bond donors (Lipinski definition) is 2. The Bertz CT molecular complexity index is 409. The van der Waals surface area contributed by atoms with Gasteiger partial charge in [-0.05, 0) is 31.4 Å². The Morgan fingerprint density at radius 3 is 2.71 bits per heavy atom. The SMILES string of the molecule is CSCC(C)N(C)c1cc(N)ccc1C(N)=O. The van der Waals surface area contributed by atoms with Gasteiger partial charge in [-0.1, -0.05) is 0 Å². The summed E-state index contributed by atoms with van der Waals surface area (Å²) in [4.78, 5) is 13.4. The third kappa shape index (κ3) is 3.30. The lowest BCUT2D eigenvalue weighted by atomic mass is 10.1. The van der Waals surface area contributed by atoms with Crippen molar-refractivity contribution in [2.24, 2.45) is 5.73 Å². The van der Waals surface area contributed by atoms with Crippen molar-refractivity contribution in [2.75, 3.05) is 29.7 Å². The molecule has 5 heteroatoms. The molecule has 17 heavy (non-hydrogen) atoms. The number of nitrogen functional groups attached to an aromatic ring is 1. The standard InChI is InChI=1S/C12H19N3OS/c1-8(7-17-3)15(2)11-6-9(13)4-5-10(11)12(14)16/h4-6,8H,7,13H2,1-3H3,(H2,14,16). The summed E-state index contributed by atoms with van der Waals surface area (Å²) in [6, 6.07) is 5.47. The van der Waals surface area contributed by atoms with Crippen LogP contribution in [0.1, 0.15) is 17.3 Å². The number of carbonyl (C=O) groups is 1. The molecule has 4 N–H and O–H groups in total. The topological polar surface area (TPSA) is 72.3 Å². The molecule has 1 atom stereocenters. The molecule has 0 heterocycles. The van der Waals surface area contributed by atoms with E-state index < -0.39 is 5.91 Å². The van der Waals surface area contributed by atoms with Crippen LogP contribution in [0, 0.1) is 0 Å². The average Bonchev–Trinajstić information content (AvgIpc) is 2.27. The molecule has 0 bridgehead atoms. The fourth-order valence-corrected chi connectivity index (χ4v) is 2.35. The van der Waals surface area contributed by atoms with Gasteiger partial charge in [0.05, 0.1) is 11.3 Å². The predicted molar refractivity (Wildman–Crippen MR) is 75.6 cm³/mol. The Balaban J connectivity index is 3.10. The summed E-state index contributed by atoms with van der Waals surface area (Å²) in [6.45, 7) is 2.10. The molecule has 0 aliphatic heterocycles. The van der Waals surface area contributed by atoms with Crippen LogP contribution in [0.25, 0.3) is 0 Å². The lowest BCUT2D eigenvalue weighted by Crippen LogP contribution is -2.32. The van der Waals surface area contributed by atoms with Gasteiger partial charge in [0, 0.05) is 24.5 Å². The molecule has 4 nitrogen and oxygen atoms in total. The van der Waals surface area contributed by atoms with Gasteiger partial charge in [-0.25, -0.2) is 0 Å². The van der Waals surface area contributed by atoms with Gasteiger partial charge in [0.15, 0.2) is 0 Å². The van der Waals surface area contributed by atoms with Gasteiger partial charge in [-0.3, -0.25) is 4.79 Å². The van der Waals surface area contributed by atoms with Crippen LogP contribution in [0.3, 0.4) is 0 Å². The summed E-state index contributed by atoms with van der Waals surface area (Å²) >= 11 is 1.76. The lowest BCUT2D eigenvalue weighted by molar-refractivity contribution is 0.100. The fourth-order valence-electron chi connectivity index (χ4n) is 1.64. The molecular weight excluding hydrogens is 234 g/mol. The molecule has 1 amide bonds. The van der Waals surface area contributed by atoms with Crippen LogP contribution < -0.4 is 16.4 Å². The highest BCUT2D eigenvalue weighted by molar-refractivity contribution is 7.98. The van der Waals surface area contributed by atoms with Crippen molar-refractivity contribution in [1.29, 1.82) is 0 Å². The maximum atomic E-state index is 11.4. The van der Waals surface area contributed by atoms with Crippen LogP contribution in [0.15, 0.2) is 18.2 Å². The summed E-state index contributed by atoms with van der Waals surface area (Å²) in [5, 5.41) is 0. The molecule has 0 radical (unpaired) electrons. The number of rotatable bonds is 5. The van der Waals surface area contributed by atoms with E-state index in [2.05, 4.69) is 13.2 Å². The van der Waals surface area contributed by atoms with E-state index in [-0.39, 0.29) is 0 Å². The van der Waals surface area contributed by atoms with E-state index in [1.165, 1.54) is 0 Å². The number of primary amides is 1. The first-order valence-electron chi connectivity index (χ1n) is 5.38. The monoisotopic (exact) mass is 253 g/mol. The first-order chi connectivity index (χ1) is 7.97. The molecule has 1 aromatic rings. The summed E-state index contributed by atoms with van der Waals surface area (Å²) in [7, 11) is 1.95. The predicted octanol–water partition coefficient (Wildman–Crippen LogP) is 1.56. The smallest absolute Gasteiger partial charge is 0.250 e. The van der Waals surface area contributed by atoms with Crippen LogP contribution in [0.5, 0.6) is 0 Å². The van der Waals surface area contributed by atoms with E-state index in [0.717, 1.165) is 11.4 Å². The van der Waals surface area contributed by atoms with Crippen LogP contribution >= 0.6 is 11.8 Å². The highest BCUT2D eigenvalue weighted by atomic mass is 32.2. The minimum Gasteiger partial charge on any atom is -0.399 e. The Kier molecular flexibility index (Phi) is 4.69. The fraction of sp³-hybridized carbons (Fsp3) is 0.417. The average molecular weight is 253 g/mol. The third-order valence-electron chi connectivity index (χ3n) is 2.74. The van der Waals surface area contributed by atoms with Crippen LogP contribution in [0.4, 0.5) is 11.4 Å². The second kappa shape index (κ2) is 5.82. The summed E-state index contributed by atoms with van der Waals surface area (Å²) in [5.74, 6) is 0.548. The van der Waals surface area contributed by atoms with Crippen molar-refractivity contribution >= 4 is 29.0 Å². The Morgan fingerprint density at radius 1 is 1.53 bits per heavy atom. The number of thioether (sulfide) groups is 1. The quantitative estimate of drug-likeness (QED) is 0.781. The van der Waals surface area contributed by atoms with E-state index in [1.807, 2.05) is 11.9 Å². The van der Waals surface area contributed by atoms with E-state index in [4.69, 9.17) is 11.5 Å². The second-order valence-electron chi connectivity index (χ2n) is 4.06. The molecule has 0 aliphatic rings. The first-order valence-corrected chi connectivity index (χ1v) is 6.77. The maximum Gasteiger partial charge on any atom is 0.250 e. The van der Waals surface area contributed by atoms with Crippen molar-refractivity contribution in [1.82, 2.24) is 0 Å². The van der Waals surface area contributed by atoms with Gasteiger partial charge in [-0.15, -0.1) is 0 Å². The van der Waals surface area contributed by atoms with E-state index in [9.17, 15) is 4.79 Å². The molecule has 0 spiro atoms. The van der Waals surface area contributed by atoms with E-state index in [0.29, 0.717) is 17.3 Å². The number of hydrogen-bond acceptors (Lipinski definition) is 4. The van der Waals surface area contributed by atoms with Gasteiger partial charge in [0.25, 0.3) is 5.91 Å². The number of amides is 1. The van der Waals surface area contributed by atoms with Gasteiger partial charge < -0.3 is 16.4 Å². The highest BCUT2D eigenvalue weighted by Gasteiger charge is 2.16. The molecule has 1 unspecified atom stereocenters. The third-order valence-corrected chi connectivity index (χ3v) is 3.55. The number of nitrogens with zero attached hydrogens (tertiary/aromatic N) is 1. The molecule has 94 valence electrons. The van der Waals surface area contributed by atoms with E-state index >= 15 is 0 Å². The summed E-state index contributed by atoms with van der Waals surface area (Å²) in [6.07, 6.45) is 2.05. The maximum absolute atomic E-state index is 11.4. The minimum atomic E-state index is -0.428. The first kappa shape index (κ1) is 13.7. The van der Waals surface area contributed by atoms with Crippen LogP contribution in [-0.2, 0) is 0 Å². The molecule has 1 aromatic carbocycles. The van der Waals surface area contributed by atoms with Crippen molar-refractivity contribution in [3.8, 4) is 0 Å². The zero-order chi connectivity index (χ0) is 13.0. The molecule has 1 rings (SSSR count). The Labute approximate surface area is 106 Å². The summed E-state index contributed by atoms with van der Waals surface area (Å²) in [5.41, 5.74) is 13.1. The Hall–Kier alpha value is -1.36. The normalized spacial score (nSPS) is 12.2. The molecule has 0 saturated carbocycles. The minimum absolute atomic E-state index is 0.310. The van der Waals surface area contributed by atoms with Crippen molar-refractivity contribution in [3.63, 3.8) is 0 Å². The van der Waals surface area contributed by atoms with Gasteiger partial charge in [0.1, 0.15) is 0 Å². The number of nitrogens with two attached hydrogens (primary N) is 2. The highest BCUT2D eigenvalue weighted by Crippen LogP contribution is 2.24. The molecular formula is C12H19N3OS. The molecule has 0 aromatic heterocycles. The van der Waals surface area contributed by atoms with Crippen molar-refractivity contribution < 1.29 is 4.79 Å². The van der Waals surface area contributed by atoms with Crippen LogP contribution in [0.2, 0.25) is 0 Å². The zero-order valence-electron chi connectivity index (χ0n) is 10.4. The lowest BCUT2D eigenvalue weighted by Gasteiger charge is -2.28. The molecule has 0 fully saturated rings. The molecule has 0 aliphatic carbocycles. The summed E-state index contributed by atoms with van der Waals surface area (Å²) < 4.78 is 0. The van der Waals surface area contributed by atoms with Crippen molar-refractivity contribution in [2.45, 2.75) is 13.0 Å². The number of carbonyl (C=O) groups excluding carboxylic acids is 1. The van der Waals surface area contributed by atoms with Gasteiger partial charge in [0.2, 0.25) is 0 Å². The molecule has 0 saturated heterocycles.